The van der Waals surface area contributed by atoms with E-state index in [4.69, 9.17) is 9.47 Å². The first-order valence-corrected chi connectivity index (χ1v) is 21.8. The van der Waals surface area contributed by atoms with Gasteiger partial charge in [-0.1, -0.05) is 29.5 Å². The van der Waals surface area contributed by atoms with Crippen LogP contribution in [-0.2, 0) is 41.9 Å². The number of amides is 6. The summed E-state index contributed by atoms with van der Waals surface area (Å²) in [5.74, 6) is -3.21. The number of ether oxygens (including phenoxy) is 2. The zero-order valence-electron chi connectivity index (χ0n) is 37.2. The van der Waals surface area contributed by atoms with Gasteiger partial charge >= 0.3 is 0 Å². The highest BCUT2D eigenvalue weighted by Crippen LogP contribution is 2.34. The summed E-state index contributed by atoms with van der Waals surface area (Å²) < 4.78 is 12.3. The maximum absolute atomic E-state index is 13.6. The van der Waals surface area contributed by atoms with Crippen molar-refractivity contribution < 1.29 is 43.0 Å². The Bertz CT molecular complexity index is 2410. The normalized spacial score (nSPS) is 20.2. The first kappa shape index (κ1) is 46.1. The second-order valence-corrected chi connectivity index (χ2v) is 16.9. The molecule has 0 spiro atoms. The van der Waals surface area contributed by atoms with Crippen LogP contribution in [0.15, 0.2) is 71.5 Å². The summed E-state index contributed by atoms with van der Waals surface area (Å²) >= 11 is 0. The Hall–Kier alpha value is -6.89. The maximum atomic E-state index is 13.6. The summed E-state index contributed by atoms with van der Waals surface area (Å²) in [6, 6.07) is 11.4. The third-order valence-electron chi connectivity index (χ3n) is 12.6. The van der Waals surface area contributed by atoms with Crippen molar-refractivity contribution in [1.82, 2.24) is 51.4 Å². The van der Waals surface area contributed by atoms with Crippen molar-refractivity contribution in [2.24, 2.45) is 5.92 Å². The smallest absolute Gasteiger partial charge is 0.290 e. The van der Waals surface area contributed by atoms with E-state index in [0.717, 1.165) is 29.6 Å². The largest absolute Gasteiger partial charge is 0.493 e. The Morgan fingerprint density at radius 1 is 0.938 bits per heavy atom. The number of hydrogen-bond donors (Lipinski definition) is 5. The van der Waals surface area contributed by atoms with Crippen LogP contribution >= 0.6 is 0 Å². The van der Waals surface area contributed by atoms with E-state index in [9.17, 15) is 33.6 Å². The first-order valence-electron chi connectivity index (χ1n) is 21.8. The number of Topliss-reactive ketones (excluding diaryl/α,β-unsaturated/α-hetero) is 1. The van der Waals surface area contributed by atoms with Crippen LogP contribution in [0.2, 0.25) is 0 Å². The molecule has 0 saturated carbocycles. The number of allylic oxidation sites excluding steroid dienone is 1. The molecular formula is C46H56N10O9. The molecule has 2 fully saturated rings. The van der Waals surface area contributed by atoms with Gasteiger partial charge in [-0.25, -0.2) is 4.68 Å². The lowest BCUT2D eigenvalue weighted by Crippen LogP contribution is -2.57. The third kappa shape index (κ3) is 10.4. The minimum Gasteiger partial charge on any atom is -0.493 e. The van der Waals surface area contributed by atoms with Crippen LogP contribution in [0.1, 0.15) is 61.4 Å². The molecule has 4 heterocycles. The van der Waals surface area contributed by atoms with Crippen LogP contribution in [0.25, 0.3) is 11.3 Å². The van der Waals surface area contributed by atoms with Gasteiger partial charge in [0.1, 0.15) is 17.3 Å². The molecule has 0 radical (unpaired) electrons. The monoisotopic (exact) mass is 892 g/mol. The van der Waals surface area contributed by atoms with Crippen LogP contribution in [0.5, 0.6) is 11.5 Å². The van der Waals surface area contributed by atoms with Gasteiger partial charge in [0.25, 0.3) is 11.8 Å². The number of hydrogen-bond acceptors (Lipinski definition) is 12. The molecule has 1 aliphatic carbocycles. The van der Waals surface area contributed by atoms with Crippen molar-refractivity contribution in [2.75, 3.05) is 60.5 Å². The molecule has 1 aromatic heterocycles. The highest BCUT2D eigenvalue weighted by atomic mass is 16.5. The first-order chi connectivity index (χ1) is 31.3. The fraction of sp³-hybridized carbons (Fsp3) is 0.457. The van der Waals surface area contributed by atoms with Gasteiger partial charge in [0.05, 0.1) is 33.5 Å². The topological polar surface area (TPSA) is 235 Å². The summed E-state index contributed by atoms with van der Waals surface area (Å²) in [6.45, 7) is 3.92. The molecule has 4 aliphatic rings. The van der Waals surface area contributed by atoms with Gasteiger partial charge in [-0.05, 0) is 92.6 Å². The second-order valence-electron chi connectivity index (χ2n) is 16.9. The fourth-order valence-corrected chi connectivity index (χ4v) is 8.91. The number of likely N-dealkylation sites (N-methyl/N-ethyl adjacent to an activating group) is 1. The Kier molecular flexibility index (Phi) is 14.4. The van der Waals surface area contributed by atoms with E-state index >= 15 is 0 Å². The molecule has 1 unspecified atom stereocenters. The van der Waals surface area contributed by atoms with E-state index in [1.807, 2.05) is 25.4 Å². The van der Waals surface area contributed by atoms with Crippen molar-refractivity contribution in [3.63, 3.8) is 0 Å². The molecule has 5 N–H and O–H groups in total. The molecule has 19 nitrogen and oxygen atoms in total. The Balaban J connectivity index is 0.861. The molecule has 7 rings (SSSR count). The maximum Gasteiger partial charge on any atom is 0.290 e. The van der Waals surface area contributed by atoms with E-state index in [1.54, 1.807) is 46.8 Å². The lowest BCUT2D eigenvalue weighted by Gasteiger charge is -2.33. The standard InChI is InChI=1S/C46H56N10O9/c1-46(41(59)45(63)49-22-28-9-14-37(64-3)38(19-28)65-4)15-6-18-56(46)40(58)23-50-44(62)35-20-33(43(61)51-35)21-39(57)54-24-31-7-5-8-32(34(31)26-54)25-55-27-36(52-53-55)29-10-12-30(13-11-29)42(60)48-17-16-47-2/h8-14,19,27,33,35,47H,5-7,15-18,20-26H2,1-4H3,(H,48,60)(H,49,63)(H,50,62)(H,51,61)/t33-,35?,46-/m0/s1. The zero-order chi connectivity index (χ0) is 46.3. The van der Waals surface area contributed by atoms with Gasteiger partial charge in [-0.2, -0.15) is 0 Å². The summed E-state index contributed by atoms with van der Waals surface area (Å²) in [6.07, 6.45) is 6.44. The molecule has 2 aromatic carbocycles. The summed E-state index contributed by atoms with van der Waals surface area (Å²) in [5.41, 5.74) is 4.64. The van der Waals surface area contributed by atoms with Gasteiger partial charge in [0.2, 0.25) is 29.4 Å². The van der Waals surface area contributed by atoms with E-state index in [2.05, 4.69) is 43.0 Å². The fourth-order valence-electron chi connectivity index (χ4n) is 8.91. The molecule has 6 amide bonds. The molecule has 0 bridgehead atoms. The molecule has 344 valence electrons. The van der Waals surface area contributed by atoms with Crippen LogP contribution in [0.3, 0.4) is 0 Å². The van der Waals surface area contributed by atoms with Crippen molar-refractivity contribution in [3.05, 3.63) is 82.6 Å². The Labute approximate surface area is 376 Å². The third-order valence-corrected chi connectivity index (χ3v) is 12.6. The number of aromatic nitrogens is 3. The van der Waals surface area contributed by atoms with Crippen molar-refractivity contribution in [3.8, 4) is 22.8 Å². The van der Waals surface area contributed by atoms with Crippen molar-refractivity contribution in [1.29, 1.82) is 0 Å². The lowest BCUT2D eigenvalue weighted by atomic mass is 9.92. The molecule has 3 atom stereocenters. The number of carbonyl (C=O) groups excluding carboxylic acids is 7. The lowest BCUT2D eigenvalue weighted by molar-refractivity contribution is -0.149. The summed E-state index contributed by atoms with van der Waals surface area (Å²) in [7, 11) is 4.83. The zero-order valence-corrected chi connectivity index (χ0v) is 37.2. The average Bonchev–Trinajstić information content (AvgIpc) is 4.14. The highest BCUT2D eigenvalue weighted by molar-refractivity contribution is 6.39. The van der Waals surface area contributed by atoms with Gasteiger partial charge in [0.15, 0.2) is 11.5 Å². The number of ketones is 1. The van der Waals surface area contributed by atoms with Crippen LogP contribution in [0, 0.1) is 5.92 Å². The van der Waals surface area contributed by atoms with Gasteiger partial charge in [-0.15, -0.1) is 5.10 Å². The van der Waals surface area contributed by atoms with E-state index in [0.29, 0.717) is 67.5 Å². The minimum absolute atomic E-state index is 0.0480. The number of methoxy groups -OCH3 is 2. The molecule has 19 heteroatoms. The number of benzene rings is 2. The predicted octanol–water partition coefficient (Wildman–Crippen LogP) is 1.05. The number of nitrogens with zero attached hydrogens (tertiary/aromatic N) is 5. The summed E-state index contributed by atoms with van der Waals surface area (Å²) in [5, 5.41) is 22.5. The minimum atomic E-state index is -1.40. The number of carbonyl (C=O) groups is 7. The Morgan fingerprint density at radius 2 is 1.72 bits per heavy atom. The Morgan fingerprint density at radius 3 is 2.48 bits per heavy atom. The van der Waals surface area contributed by atoms with E-state index in [1.165, 1.54) is 24.7 Å². The van der Waals surface area contributed by atoms with Crippen LogP contribution in [0.4, 0.5) is 0 Å². The van der Waals surface area contributed by atoms with Crippen molar-refractivity contribution in [2.45, 2.75) is 70.1 Å². The molecule has 65 heavy (non-hydrogen) atoms. The SMILES string of the molecule is CNCCNC(=O)c1ccc(-c2cn(CC3=CCCC4=C3CN(C(=O)C[C@@H]3CC(C(=O)NCC(=O)N5CCC[C@@]5(C)C(=O)C(=O)NCc5ccc(OC)c(OC)c5)NC3=O)C4)nn2)cc1. The number of likely N-dealkylation sites (tertiary alicyclic amines) is 1. The average molecular weight is 893 g/mol. The van der Waals surface area contributed by atoms with Crippen molar-refractivity contribution >= 4 is 41.2 Å². The highest BCUT2D eigenvalue weighted by Gasteiger charge is 2.48. The molecule has 3 aromatic rings. The van der Waals surface area contributed by atoms with E-state index < -0.39 is 53.5 Å². The molecule has 2 saturated heterocycles. The number of rotatable bonds is 18. The van der Waals surface area contributed by atoms with Gasteiger partial charge < -0.3 is 45.9 Å². The second kappa shape index (κ2) is 20.3. The van der Waals surface area contributed by atoms with E-state index in [-0.39, 0.29) is 44.2 Å². The van der Waals surface area contributed by atoms with Crippen LogP contribution < -0.4 is 36.1 Å². The predicted molar refractivity (Wildman–Crippen MR) is 236 cm³/mol. The van der Waals surface area contributed by atoms with Gasteiger partial charge in [-0.3, -0.25) is 33.6 Å². The quantitative estimate of drug-likeness (QED) is 0.0891. The molecule has 3 aliphatic heterocycles. The van der Waals surface area contributed by atoms with Gasteiger partial charge in [0, 0.05) is 62.7 Å². The van der Waals surface area contributed by atoms with Crippen LogP contribution in [-0.4, -0.2) is 138 Å². The molecular weight excluding hydrogens is 837 g/mol. The summed E-state index contributed by atoms with van der Waals surface area (Å²) in [4.78, 5) is 95.3. The number of nitrogens with one attached hydrogen (secondary N) is 5.